The fraction of sp³-hybridized carbons (Fsp3) is 0.417. The summed E-state index contributed by atoms with van der Waals surface area (Å²) in [5.74, 6) is 1.46. The number of piperazine rings is 1. The van der Waals surface area contributed by atoms with Gasteiger partial charge in [0.2, 0.25) is 5.88 Å². The summed E-state index contributed by atoms with van der Waals surface area (Å²) in [6.45, 7) is 3.63. The summed E-state index contributed by atoms with van der Waals surface area (Å²) in [6, 6.07) is 5.89. The molecule has 4 aromatic rings. The lowest BCUT2D eigenvalue weighted by atomic mass is 9.90. The molecule has 2 aromatic carbocycles. The van der Waals surface area contributed by atoms with E-state index >= 15 is 8.78 Å². The summed E-state index contributed by atoms with van der Waals surface area (Å²) in [6.07, 6.45) is 7.10. The van der Waals surface area contributed by atoms with Crippen molar-refractivity contribution in [2.45, 2.75) is 68.8 Å². The number of halogens is 4. The first kappa shape index (κ1) is 30.4. The minimum atomic E-state index is -1.69. The number of anilines is 2. The summed E-state index contributed by atoms with van der Waals surface area (Å²) in [5, 5.41) is 4.74. The van der Waals surface area contributed by atoms with Crippen LogP contribution >= 0.6 is 0 Å². The summed E-state index contributed by atoms with van der Waals surface area (Å²) in [7, 11) is 0. The van der Waals surface area contributed by atoms with E-state index < -0.39 is 29.4 Å². The van der Waals surface area contributed by atoms with Crippen molar-refractivity contribution in [3.05, 3.63) is 53.1 Å². The summed E-state index contributed by atoms with van der Waals surface area (Å²) in [4.78, 5) is 18.3. The number of ether oxygens (including phenoxy) is 2. The molecule has 7 heterocycles. The quantitative estimate of drug-likeness (QED) is 0.165. The highest BCUT2D eigenvalue weighted by molar-refractivity contribution is 6.05. The Hall–Kier alpha value is -4.67. The van der Waals surface area contributed by atoms with E-state index in [0.29, 0.717) is 42.9 Å². The number of fused-ring (bicyclic) bond motifs is 7. The second kappa shape index (κ2) is 10.9. The average Bonchev–Trinajstić information content (AvgIpc) is 3.75. The van der Waals surface area contributed by atoms with Crippen LogP contribution in [0, 0.1) is 24.0 Å². The number of benzene rings is 2. The minimum absolute atomic E-state index is 0.0542. The Labute approximate surface area is 279 Å². The lowest BCUT2D eigenvalue weighted by Crippen LogP contribution is -2.62. The molecule has 0 amide bonds. The van der Waals surface area contributed by atoms with Crippen molar-refractivity contribution in [3.8, 4) is 35.5 Å². The Balaban J connectivity index is 1.27. The Morgan fingerprint density at radius 3 is 2.84 bits per heavy atom. The van der Waals surface area contributed by atoms with Gasteiger partial charge in [0.15, 0.2) is 5.82 Å². The standard InChI is InChI=1S/C36H33F4N7O2/c1-3-21-24(37)7-5-18-13-19(41)14-22(26(18)21)29-28(38)30-27-33(47-15-20-6-8-25(42-20)31(47)17(2)49-34(27)43-29)45-35(44-30)48-16-36-10-4-11-46(36)12-9-23(36)32(39)40/h1,5,7,13-14,17,20,25,31,42H,4,6,8-12,15-16,41H2,2H3/t17-,20+,25-,31+,36+/m0/s1. The topological polar surface area (TPSA) is 102 Å². The fourth-order valence-electron chi connectivity index (χ4n) is 9.11. The SMILES string of the molecule is C#Cc1c(F)ccc2cc(N)cc(-c3nc4c5c(nc(OC[C@@]67CCCN6CCC7=C(F)F)nc5c3F)N3C[C@H]5CC[C@H](N5)[C@H]3[C@H](C)O4)c12. The van der Waals surface area contributed by atoms with Gasteiger partial charge in [0.1, 0.15) is 40.9 Å². The molecular formula is C36H33F4N7O2. The van der Waals surface area contributed by atoms with Crippen LogP contribution in [0.4, 0.5) is 29.1 Å². The number of nitrogens with zero attached hydrogens (tertiary/aromatic N) is 5. The third kappa shape index (κ3) is 4.43. The molecule has 9 rings (SSSR count). The number of aromatic nitrogens is 3. The highest BCUT2D eigenvalue weighted by atomic mass is 19.3. The van der Waals surface area contributed by atoms with Crippen LogP contribution < -0.4 is 25.4 Å². The molecule has 2 bridgehead atoms. The fourth-order valence-corrected chi connectivity index (χ4v) is 9.11. The van der Waals surface area contributed by atoms with Crippen LogP contribution in [0.2, 0.25) is 0 Å². The lowest BCUT2D eigenvalue weighted by Gasteiger charge is -2.42. The third-order valence-electron chi connectivity index (χ3n) is 11.2. The van der Waals surface area contributed by atoms with Crippen molar-refractivity contribution < 1.29 is 27.0 Å². The molecule has 2 aromatic heterocycles. The predicted molar refractivity (Wildman–Crippen MR) is 177 cm³/mol. The van der Waals surface area contributed by atoms with Gasteiger partial charge in [-0.15, -0.1) is 6.42 Å². The second-order valence-electron chi connectivity index (χ2n) is 13.8. The number of rotatable bonds is 4. The molecule has 0 radical (unpaired) electrons. The lowest BCUT2D eigenvalue weighted by molar-refractivity contribution is 0.126. The first-order valence-corrected chi connectivity index (χ1v) is 16.7. The number of terminal acetylenes is 1. The highest BCUT2D eigenvalue weighted by Crippen LogP contribution is 2.47. The highest BCUT2D eigenvalue weighted by Gasteiger charge is 2.51. The van der Waals surface area contributed by atoms with Crippen molar-refractivity contribution in [1.29, 1.82) is 0 Å². The van der Waals surface area contributed by atoms with Crippen LogP contribution in [-0.2, 0) is 0 Å². The van der Waals surface area contributed by atoms with E-state index in [0.717, 1.165) is 19.3 Å². The zero-order valence-corrected chi connectivity index (χ0v) is 26.7. The monoisotopic (exact) mass is 671 g/mol. The third-order valence-corrected chi connectivity index (χ3v) is 11.2. The van der Waals surface area contributed by atoms with Crippen LogP contribution in [0.5, 0.6) is 11.9 Å². The van der Waals surface area contributed by atoms with E-state index in [1.807, 2.05) is 11.8 Å². The van der Waals surface area contributed by atoms with Gasteiger partial charge < -0.3 is 25.4 Å². The molecule has 13 heteroatoms. The average molecular weight is 672 g/mol. The number of hydrogen-bond acceptors (Lipinski definition) is 9. The van der Waals surface area contributed by atoms with Crippen LogP contribution in [-0.4, -0.2) is 75.9 Å². The first-order chi connectivity index (χ1) is 23.7. The second-order valence-corrected chi connectivity index (χ2v) is 13.8. The first-order valence-electron chi connectivity index (χ1n) is 16.7. The molecule has 3 N–H and O–H groups in total. The molecule has 5 atom stereocenters. The maximum atomic E-state index is 17.2. The van der Waals surface area contributed by atoms with E-state index in [1.165, 1.54) is 18.2 Å². The van der Waals surface area contributed by atoms with Crippen molar-refractivity contribution in [2.24, 2.45) is 0 Å². The number of nitrogens with two attached hydrogens (primary N) is 1. The van der Waals surface area contributed by atoms with Crippen LogP contribution in [0.15, 0.2) is 35.9 Å². The maximum Gasteiger partial charge on any atom is 0.319 e. The maximum absolute atomic E-state index is 17.2. The van der Waals surface area contributed by atoms with E-state index in [1.54, 1.807) is 6.07 Å². The Bertz CT molecular complexity index is 2150. The van der Waals surface area contributed by atoms with Gasteiger partial charge >= 0.3 is 6.01 Å². The molecule has 0 aliphatic carbocycles. The van der Waals surface area contributed by atoms with Gasteiger partial charge in [0, 0.05) is 47.4 Å². The number of pyridine rings is 1. The molecule has 4 saturated heterocycles. The van der Waals surface area contributed by atoms with E-state index in [-0.39, 0.29) is 81.7 Å². The van der Waals surface area contributed by atoms with Gasteiger partial charge in [-0.2, -0.15) is 18.7 Å². The Morgan fingerprint density at radius 1 is 1.16 bits per heavy atom. The van der Waals surface area contributed by atoms with Crippen molar-refractivity contribution in [1.82, 2.24) is 25.2 Å². The van der Waals surface area contributed by atoms with Gasteiger partial charge in [-0.1, -0.05) is 12.0 Å². The molecule has 9 nitrogen and oxygen atoms in total. The van der Waals surface area contributed by atoms with Gasteiger partial charge in [0.25, 0.3) is 6.08 Å². The molecule has 252 valence electrons. The van der Waals surface area contributed by atoms with Gasteiger partial charge in [-0.3, -0.25) is 4.90 Å². The molecule has 0 saturated carbocycles. The Morgan fingerprint density at radius 2 is 2.02 bits per heavy atom. The van der Waals surface area contributed by atoms with Gasteiger partial charge in [0.05, 0.1) is 17.1 Å². The smallest absolute Gasteiger partial charge is 0.319 e. The molecule has 0 unspecified atom stereocenters. The van der Waals surface area contributed by atoms with Crippen molar-refractivity contribution in [2.75, 3.05) is 36.9 Å². The van der Waals surface area contributed by atoms with Gasteiger partial charge in [-0.05, 0) is 69.2 Å². The van der Waals surface area contributed by atoms with Crippen LogP contribution in [0.3, 0.4) is 0 Å². The summed E-state index contributed by atoms with van der Waals surface area (Å²) in [5.41, 5.74) is 5.51. The Kier molecular flexibility index (Phi) is 6.77. The number of nitrogen functional groups attached to an aromatic ring is 1. The zero-order chi connectivity index (χ0) is 33.8. The predicted octanol–water partition coefficient (Wildman–Crippen LogP) is 5.54. The molecular weight excluding hydrogens is 638 g/mol. The molecule has 0 spiro atoms. The minimum Gasteiger partial charge on any atom is -0.472 e. The largest absolute Gasteiger partial charge is 0.472 e. The molecule has 4 fully saturated rings. The van der Waals surface area contributed by atoms with Crippen LogP contribution in [0.1, 0.15) is 44.6 Å². The van der Waals surface area contributed by atoms with Crippen LogP contribution in [0.25, 0.3) is 32.9 Å². The zero-order valence-electron chi connectivity index (χ0n) is 26.7. The van der Waals surface area contributed by atoms with E-state index in [9.17, 15) is 8.78 Å². The van der Waals surface area contributed by atoms with Crippen molar-refractivity contribution >= 4 is 33.2 Å². The molecule has 5 aliphatic rings. The van der Waals surface area contributed by atoms with Crippen molar-refractivity contribution in [3.63, 3.8) is 0 Å². The van der Waals surface area contributed by atoms with Gasteiger partial charge in [-0.25, -0.2) is 13.8 Å². The normalized spacial score (nSPS) is 27.2. The van der Waals surface area contributed by atoms with E-state index in [4.69, 9.17) is 31.6 Å². The van der Waals surface area contributed by atoms with E-state index in [2.05, 4.69) is 21.1 Å². The summed E-state index contributed by atoms with van der Waals surface area (Å²) >= 11 is 0. The summed E-state index contributed by atoms with van der Waals surface area (Å²) < 4.78 is 73.4. The number of hydrogen-bond donors (Lipinski definition) is 2. The molecule has 49 heavy (non-hydrogen) atoms. The molecule has 5 aliphatic heterocycles. The number of nitrogens with one attached hydrogen (secondary N) is 1.